The fourth-order valence-electron chi connectivity index (χ4n) is 3.73. The van der Waals surface area contributed by atoms with E-state index >= 15 is 0 Å². The van der Waals surface area contributed by atoms with Gasteiger partial charge < -0.3 is 4.90 Å². The molecule has 2 aliphatic heterocycles. The maximum atomic E-state index is 12.7. The minimum Gasteiger partial charge on any atom is -0.337 e. The van der Waals surface area contributed by atoms with Crippen molar-refractivity contribution in [3.63, 3.8) is 0 Å². The molecule has 5 heteroatoms. The zero-order valence-electron chi connectivity index (χ0n) is 14.6. The van der Waals surface area contributed by atoms with E-state index in [2.05, 4.69) is 35.2 Å². The van der Waals surface area contributed by atoms with Crippen molar-refractivity contribution >= 4 is 17.2 Å². The molecule has 2 aromatic rings. The zero-order chi connectivity index (χ0) is 17.1. The van der Waals surface area contributed by atoms with Gasteiger partial charge in [-0.05, 0) is 31.2 Å². The number of benzene rings is 1. The van der Waals surface area contributed by atoms with Gasteiger partial charge in [0.15, 0.2) is 5.01 Å². The molecule has 0 N–H and O–H groups in total. The standard InChI is InChI=1S/C20H25N3OS/c24-20(23-11-5-2-6-12-23)19-21-17-9-13-22(14-10-18(17)25-19)15-16-7-3-1-4-8-16/h1,3-4,7-8H,2,5-6,9-15H2. The van der Waals surface area contributed by atoms with E-state index in [1.807, 2.05) is 4.90 Å². The van der Waals surface area contributed by atoms with E-state index in [0.29, 0.717) is 5.01 Å². The second kappa shape index (κ2) is 7.67. The molecule has 3 heterocycles. The lowest BCUT2D eigenvalue weighted by Crippen LogP contribution is -2.35. The predicted molar refractivity (Wildman–Crippen MR) is 101 cm³/mol. The molecule has 1 saturated heterocycles. The van der Waals surface area contributed by atoms with Gasteiger partial charge in [-0.1, -0.05) is 30.3 Å². The van der Waals surface area contributed by atoms with Crippen molar-refractivity contribution in [2.75, 3.05) is 26.2 Å². The van der Waals surface area contributed by atoms with Crippen LogP contribution in [0.4, 0.5) is 0 Å². The molecule has 25 heavy (non-hydrogen) atoms. The molecule has 0 atom stereocenters. The summed E-state index contributed by atoms with van der Waals surface area (Å²) in [6.07, 6.45) is 5.46. The lowest BCUT2D eigenvalue weighted by Gasteiger charge is -2.25. The van der Waals surface area contributed by atoms with Crippen molar-refractivity contribution in [3.8, 4) is 0 Å². The SMILES string of the molecule is O=C(c1nc2c(s1)CCN(Cc1ccccc1)CC2)N1CCCCC1. The van der Waals surface area contributed by atoms with Gasteiger partial charge in [0.05, 0.1) is 5.69 Å². The Hall–Kier alpha value is -1.72. The molecule has 1 aromatic heterocycles. The van der Waals surface area contributed by atoms with E-state index in [0.717, 1.165) is 64.1 Å². The Bertz CT molecular complexity index is 696. The lowest BCUT2D eigenvalue weighted by molar-refractivity contribution is 0.0723. The van der Waals surface area contributed by atoms with Gasteiger partial charge in [-0.15, -0.1) is 11.3 Å². The number of likely N-dealkylation sites (tertiary alicyclic amines) is 1. The number of amides is 1. The highest BCUT2D eigenvalue weighted by Gasteiger charge is 2.25. The van der Waals surface area contributed by atoms with E-state index in [4.69, 9.17) is 4.98 Å². The summed E-state index contributed by atoms with van der Waals surface area (Å²) in [5, 5.41) is 0.711. The van der Waals surface area contributed by atoms with Crippen LogP contribution < -0.4 is 0 Å². The van der Waals surface area contributed by atoms with Gasteiger partial charge in [0.2, 0.25) is 0 Å². The van der Waals surface area contributed by atoms with Crippen LogP contribution in [0.2, 0.25) is 0 Å². The number of piperidine rings is 1. The first kappa shape index (κ1) is 16.7. The maximum absolute atomic E-state index is 12.7. The minimum absolute atomic E-state index is 0.152. The first-order valence-corrected chi connectivity index (χ1v) is 10.2. The molecule has 1 fully saturated rings. The van der Waals surface area contributed by atoms with Crippen molar-refractivity contribution in [2.24, 2.45) is 0 Å². The summed E-state index contributed by atoms with van der Waals surface area (Å²) in [7, 11) is 0. The normalized spacial score (nSPS) is 18.6. The highest BCUT2D eigenvalue weighted by atomic mass is 32.1. The Kier molecular flexibility index (Phi) is 5.13. The smallest absolute Gasteiger partial charge is 0.282 e. The number of carbonyl (C=O) groups is 1. The average Bonchev–Trinajstić information content (AvgIpc) is 2.99. The molecule has 0 aliphatic carbocycles. The van der Waals surface area contributed by atoms with Gasteiger partial charge in [-0.2, -0.15) is 0 Å². The summed E-state index contributed by atoms with van der Waals surface area (Å²) in [6, 6.07) is 10.6. The third kappa shape index (κ3) is 3.93. The Balaban J connectivity index is 1.40. The number of thiazole rings is 1. The largest absolute Gasteiger partial charge is 0.337 e. The van der Waals surface area contributed by atoms with Crippen LogP contribution in [0, 0.1) is 0 Å². The Morgan fingerprint density at radius 3 is 2.56 bits per heavy atom. The van der Waals surface area contributed by atoms with Gasteiger partial charge in [-0.25, -0.2) is 4.98 Å². The van der Waals surface area contributed by atoms with Crippen molar-refractivity contribution in [3.05, 3.63) is 51.5 Å². The number of aromatic nitrogens is 1. The summed E-state index contributed by atoms with van der Waals surface area (Å²) >= 11 is 1.63. The summed E-state index contributed by atoms with van der Waals surface area (Å²) in [5.74, 6) is 0.152. The van der Waals surface area contributed by atoms with Crippen LogP contribution >= 0.6 is 11.3 Å². The van der Waals surface area contributed by atoms with Crippen molar-refractivity contribution in [1.82, 2.24) is 14.8 Å². The molecule has 1 amide bonds. The van der Waals surface area contributed by atoms with Crippen LogP contribution in [0.15, 0.2) is 30.3 Å². The van der Waals surface area contributed by atoms with Gasteiger partial charge in [0.1, 0.15) is 0 Å². The summed E-state index contributed by atoms with van der Waals surface area (Å²) in [6.45, 7) is 4.85. The molecule has 0 saturated carbocycles. The third-order valence-corrected chi connectivity index (χ3v) is 6.32. The molecule has 0 unspecified atom stereocenters. The Morgan fingerprint density at radius 1 is 1.00 bits per heavy atom. The fraction of sp³-hybridized carbons (Fsp3) is 0.500. The van der Waals surface area contributed by atoms with Gasteiger partial charge in [-0.3, -0.25) is 9.69 Å². The highest BCUT2D eigenvalue weighted by molar-refractivity contribution is 7.13. The Labute approximate surface area is 153 Å². The monoisotopic (exact) mass is 355 g/mol. The average molecular weight is 356 g/mol. The molecule has 2 aliphatic rings. The van der Waals surface area contributed by atoms with Crippen LogP contribution in [0.5, 0.6) is 0 Å². The number of fused-ring (bicyclic) bond motifs is 1. The fourth-order valence-corrected chi connectivity index (χ4v) is 4.80. The third-order valence-electron chi connectivity index (χ3n) is 5.17. The molecular formula is C20H25N3OS. The highest BCUT2D eigenvalue weighted by Crippen LogP contribution is 2.25. The predicted octanol–water partition coefficient (Wildman–Crippen LogP) is 3.37. The first-order valence-electron chi connectivity index (χ1n) is 9.34. The van der Waals surface area contributed by atoms with Crippen molar-refractivity contribution in [2.45, 2.75) is 38.6 Å². The van der Waals surface area contributed by atoms with Gasteiger partial charge in [0, 0.05) is 44.0 Å². The van der Waals surface area contributed by atoms with E-state index < -0.39 is 0 Å². The van der Waals surface area contributed by atoms with E-state index in [1.165, 1.54) is 16.9 Å². The van der Waals surface area contributed by atoms with Crippen LogP contribution in [0.1, 0.15) is 45.2 Å². The van der Waals surface area contributed by atoms with Crippen LogP contribution in [-0.4, -0.2) is 46.9 Å². The molecule has 4 nitrogen and oxygen atoms in total. The maximum Gasteiger partial charge on any atom is 0.282 e. The van der Waals surface area contributed by atoms with Gasteiger partial charge >= 0.3 is 0 Å². The molecule has 1 aromatic carbocycles. The number of nitrogens with zero attached hydrogens (tertiary/aromatic N) is 3. The second-order valence-corrected chi connectivity index (χ2v) is 8.09. The summed E-state index contributed by atoms with van der Waals surface area (Å²) in [5.41, 5.74) is 2.52. The van der Waals surface area contributed by atoms with Crippen LogP contribution in [0.25, 0.3) is 0 Å². The second-order valence-electron chi connectivity index (χ2n) is 7.00. The minimum atomic E-state index is 0.152. The molecule has 132 valence electrons. The summed E-state index contributed by atoms with van der Waals surface area (Å²) in [4.78, 5) is 23.2. The van der Waals surface area contributed by atoms with Crippen LogP contribution in [-0.2, 0) is 19.4 Å². The number of hydrogen-bond acceptors (Lipinski definition) is 4. The van der Waals surface area contributed by atoms with Crippen molar-refractivity contribution in [1.29, 1.82) is 0 Å². The number of rotatable bonds is 3. The molecule has 0 radical (unpaired) electrons. The zero-order valence-corrected chi connectivity index (χ0v) is 15.4. The first-order chi connectivity index (χ1) is 12.3. The molecule has 0 bridgehead atoms. The quantitative estimate of drug-likeness (QED) is 0.847. The molecule has 4 rings (SSSR count). The molecule has 0 spiro atoms. The van der Waals surface area contributed by atoms with E-state index in [1.54, 1.807) is 11.3 Å². The van der Waals surface area contributed by atoms with E-state index in [-0.39, 0.29) is 5.91 Å². The molecular weight excluding hydrogens is 330 g/mol. The summed E-state index contributed by atoms with van der Waals surface area (Å²) < 4.78 is 0. The number of carbonyl (C=O) groups excluding carboxylic acids is 1. The van der Waals surface area contributed by atoms with E-state index in [9.17, 15) is 4.79 Å². The Morgan fingerprint density at radius 2 is 1.76 bits per heavy atom. The topological polar surface area (TPSA) is 36.4 Å². The van der Waals surface area contributed by atoms with Crippen LogP contribution in [0.3, 0.4) is 0 Å². The van der Waals surface area contributed by atoms with Gasteiger partial charge in [0.25, 0.3) is 5.91 Å². The van der Waals surface area contributed by atoms with Crippen molar-refractivity contribution < 1.29 is 4.79 Å². The lowest BCUT2D eigenvalue weighted by atomic mass is 10.1. The number of hydrogen-bond donors (Lipinski definition) is 0.